The maximum atomic E-state index is 12.8. The van der Waals surface area contributed by atoms with Gasteiger partial charge in [-0.3, -0.25) is 4.68 Å². The smallest absolute Gasteiger partial charge is 0.341 e. The molecule has 0 saturated heterocycles. The highest BCUT2D eigenvalue weighted by Crippen LogP contribution is 2.40. The first-order valence-corrected chi connectivity index (χ1v) is 17.4. The minimum absolute atomic E-state index is 0.342. The number of rotatable bonds is 12. The lowest BCUT2D eigenvalue weighted by molar-refractivity contribution is 0.0598. The lowest BCUT2D eigenvalue weighted by atomic mass is 9.77. The monoisotopic (exact) mass is 672 g/mol. The molecule has 0 N–H and O–H groups in total. The zero-order valence-corrected chi connectivity index (χ0v) is 29.1. The van der Waals surface area contributed by atoms with Gasteiger partial charge in [0.15, 0.2) is 5.54 Å². The molecule has 8 heteroatoms. The van der Waals surface area contributed by atoms with Crippen LogP contribution in [0.25, 0.3) is 22.5 Å². The van der Waals surface area contributed by atoms with Crippen molar-refractivity contribution in [2.75, 3.05) is 7.11 Å². The summed E-state index contributed by atoms with van der Waals surface area (Å²) < 4.78 is 7.12. The fourth-order valence-electron chi connectivity index (χ4n) is 7.04. The Morgan fingerprint density at radius 3 is 1.76 bits per heavy atom. The van der Waals surface area contributed by atoms with Crippen LogP contribution in [0.1, 0.15) is 64.3 Å². The molecule has 0 spiro atoms. The van der Waals surface area contributed by atoms with E-state index in [1.165, 1.54) is 7.11 Å². The first-order chi connectivity index (χ1) is 25.1. The van der Waals surface area contributed by atoms with Gasteiger partial charge < -0.3 is 4.74 Å². The molecule has 2 aromatic heterocycles. The van der Waals surface area contributed by atoms with Crippen LogP contribution in [-0.4, -0.2) is 43.1 Å². The summed E-state index contributed by atoms with van der Waals surface area (Å²) in [6.07, 6.45) is 2.15. The van der Waals surface area contributed by atoms with Gasteiger partial charge in [0, 0.05) is 18.5 Å². The van der Waals surface area contributed by atoms with Crippen LogP contribution in [-0.2, 0) is 29.7 Å². The Kier molecular flexibility index (Phi) is 9.65. The molecule has 51 heavy (non-hydrogen) atoms. The van der Waals surface area contributed by atoms with Crippen LogP contribution < -0.4 is 0 Å². The first-order valence-electron chi connectivity index (χ1n) is 17.4. The molecule has 0 radical (unpaired) electrons. The summed E-state index contributed by atoms with van der Waals surface area (Å²) in [5.74, 6) is 0.184. The average molecular weight is 673 g/mol. The zero-order valence-electron chi connectivity index (χ0n) is 29.1. The SMILES string of the molecule is CCCn1nc(Cc2ccc(-c3ccccc3-c3nnn(C(c4ccccc4)(c4ccccc4)c4ccccc4)n3)cc2)c(C(=O)OC)c1CC. The first kappa shape index (κ1) is 33.4. The zero-order chi connectivity index (χ0) is 35.2. The predicted molar refractivity (Wildman–Crippen MR) is 199 cm³/mol. The van der Waals surface area contributed by atoms with Crippen molar-refractivity contribution in [2.24, 2.45) is 0 Å². The third kappa shape index (κ3) is 6.25. The Labute approximate surface area is 298 Å². The second-order valence-corrected chi connectivity index (χ2v) is 12.5. The molecule has 7 rings (SSSR count). The molecule has 5 aromatic carbocycles. The van der Waals surface area contributed by atoms with E-state index in [4.69, 9.17) is 25.2 Å². The Morgan fingerprint density at radius 1 is 0.686 bits per heavy atom. The molecule has 2 heterocycles. The highest BCUT2D eigenvalue weighted by atomic mass is 16.5. The number of tetrazole rings is 1. The molecule has 0 atom stereocenters. The van der Waals surface area contributed by atoms with Crippen molar-refractivity contribution in [3.63, 3.8) is 0 Å². The Bertz CT molecular complexity index is 2130. The van der Waals surface area contributed by atoms with E-state index in [0.29, 0.717) is 24.2 Å². The fourth-order valence-corrected chi connectivity index (χ4v) is 7.04. The Balaban J connectivity index is 1.27. The van der Waals surface area contributed by atoms with Crippen LogP contribution in [0.5, 0.6) is 0 Å². The standard InChI is InChI=1S/C43H40N6O2/c1-4-29-48-39(5-2)40(42(50)51-3)38(45-48)30-31-25-27-32(28-26-31)36-23-15-16-24-37(36)41-44-47-49(46-41)43(33-17-9-6-10-18-33,34-19-11-7-12-20-34)35-21-13-8-14-22-35/h6-28H,4-5,29-30H2,1-3H3. The van der Waals surface area contributed by atoms with Gasteiger partial charge in [-0.1, -0.05) is 153 Å². The van der Waals surface area contributed by atoms with Crippen LogP contribution in [0, 0.1) is 0 Å². The van der Waals surface area contributed by atoms with E-state index >= 15 is 0 Å². The number of carbonyl (C=O) groups is 1. The van der Waals surface area contributed by atoms with Gasteiger partial charge >= 0.3 is 5.97 Å². The largest absolute Gasteiger partial charge is 0.465 e. The lowest BCUT2D eigenvalue weighted by Gasteiger charge is -2.34. The number of hydrogen-bond acceptors (Lipinski definition) is 6. The molecule has 7 aromatic rings. The predicted octanol–water partition coefficient (Wildman–Crippen LogP) is 8.39. The van der Waals surface area contributed by atoms with E-state index in [0.717, 1.165) is 63.3 Å². The van der Waals surface area contributed by atoms with Gasteiger partial charge in [0.1, 0.15) is 5.56 Å². The highest BCUT2D eigenvalue weighted by Gasteiger charge is 2.41. The molecule has 0 fully saturated rings. The summed E-state index contributed by atoms with van der Waals surface area (Å²) in [5, 5.41) is 19.5. The van der Waals surface area contributed by atoms with Crippen molar-refractivity contribution in [1.29, 1.82) is 0 Å². The Morgan fingerprint density at radius 2 is 1.24 bits per heavy atom. The number of carbonyl (C=O) groups excluding carboxylic acids is 1. The Hall–Kier alpha value is -6.15. The maximum Gasteiger partial charge on any atom is 0.341 e. The summed E-state index contributed by atoms with van der Waals surface area (Å²) in [6, 6.07) is 47.5. The normalized spacial score (nSPS) is 11.4. The van der Waals surface area contributed by atoms with Gasteiger partial charge in [-0.15, -0.1) is 15.0 Å². The van der Waals surface area contributed by atoms with E-state index in [1.807, 2.05) is 84.4 Å². The summed E-state index contributed by atoms with van der Waals surface area (Å²) in [6.45, 7) is 4.91. The molecule has 0 amide bonds. The van der Waals surface area contributed by atoms with Crippen molar-refractivity contribution in [2.45, 2.75) is 45.2 Å². The number of aryl methyl sites for hydroxylation is 1. The fraction of sp³-hybridized carbons (Fsp3) is 0.186. The number of aromatic nitrogens is 6. The van der Waals surface area contributed by atoms with Gasteiger partial charge in [-0.25, -0.2) is 4.79 Å². The van der Waals surface area contributed by atoms with E-state index in [1.54, 1.807) is 4.80 Å². The van der Waals surface area contributed by atoms with Gasteiger partial charge in [0.2, 0.25) is 5.82 Å². The average Bonchev–Trinajstić information content (AvgIpc) is 3.82. The van der Waals surface area contributed by atoms with E-state index in [9.17, 15) is 4.79 Å². The van der Waals surface area contributed by atoms with Crippen LogP contribution >= 0.6 is 0 Å². The number of nitrogens with zero attached hydrogens (tertiary/aromatic N) is 6. The van der Waals surface area contributed by atoms with Crippen LogP contribution in [0.15, 0.2) is 140 Å². The molecule has 8 nitrogen and oxygen atoms in total. The van der Waals surface area contributed by atoms with Crippen LogP contribution in [0.3, 0.4) is 0 Å². The van der Waals surface area contributed by atoms with Gasteiger partial charge in [-0.2, -0.15) is 5.10 Å². The van der Waals surface area contributed by atoms with Gasteiger partial charge in [0.05, 0.1) is 18.5 Å². The summed E-state index contributed by atoms with van der Waals surface area (Å²) >= 11 is 0. The molecule has 0 saturated carbocycles. The van der Waals surface area contributed by atoms with Gasteiger partial charge in [-0.05, 0) is 51.4 Å². The molecule has 0 aliphatic carbocycles. The number of benzene rings is 5. The van der Waals surface area contributed by atoms with Crippen LogP contribution in [0.2, 0.25) is 0 Å². The highest BCUT2D eigenvalue weighted by molar-refractivity contribution is 5.92. The van der Waals surface area contributed by atoms with Crippen molar-refractivity contribution >= 4 is 5.97 Å². The van der Waals surface area contributed by atoms with Crippen molar-refractivity contribution < 1.29 is 9.53 Å². The maximum absolute atomic E-state index is 12.8. The summed E-state index contributed by atoms with van der Waals surface area (Å²) in [5.41, 5.74) is 8.37. The second-order valence-electron chi connectivity index (χ2n) is 12.5. The third-order valence-electron chi connectivity index (χ3n) is 9.38. The minimum Gasteiger partial charge on any atom is -0.465 e. The van der Waals surface area contributed by atoms with Crippen molar-refractivity contribution in [3.05, 3.63) is 179 Å². The van der Waals surface area contributed by atoms with Crippen molar-refractivity contribution in [3.8, 4) is 22.5 Å². The van der Waals surface area contributed by atoms with E-state index < -0.39 is 5.54 Å². The molecular formula is C43H40N6O2. The summed E-state index contributed by atoms with van der Waals surface area (Å²) in [4.78, 5) is 14.6. The van der Waals surface area contributed by atoms with E-state index in [2.05, 4.69) is 73.7 Å². The molecule has 0 unspecified atom stereocenters. The number of methoxy groups -OCH3 is 1. The molecule has 254 valence electrons. The van der Waals surface area contributed by atoms with Gasteiger partial charge in [0.25, 0.3) is 0 Å². The second kappa shape index (κ2) is 14.8. The third-order valence-corrected chi connectivity index (χ3v) is 9.38. The number of esters is 1. The lowest BCUT2D eigenvalue weighted by Crippen LogP contribution is -2.39. The summed E-state index contributed by atoms with van der Waals surface area (Å²) in [7, 11) is 1.42. The molecule has 0 aliphatic rings. The number of hydrogen-bond donors (Lipinski definition) is 0. The molecule has 0 bridgehead atoms. The minimum atomic E-state index is -0.865. The van der Waals surface area contributed by atoms with Crippen LogP contribution in [0.4, 0.5) is 0 Å². The van der Waals surface area contributed by atoms with E-state index in [-0.39, 0.29) is 5.97 Å². The number of ether oxygens (including phenoxy) is 1. The molecule has 0 aliphatic heterocycles. The quantitative estimate of drug-likeness (QED) is 0.0957. The molecular weight excluding hydrogens is 633 g/mol. The topological polar surface area (TPSA) is 87.7 Å². The van der Waals surface area contributed by atoms with Crippen molar-refractivity contribution in [1.82, 2.24) is 30.0 Å².